The van der Waals surface area contributed by atoms with Gasteiger partial charge in [-0.05, 0) is 59.7 Å². The molecule has 0 saturated carbocycles. The average Bonchev–Trinajstić information content (AvgIpc) is 3.26. The minimum atomic E-state index is -0.440. The standard InChI is InChI=1S/C23H18N4O5S/c28-22(15-33-23-25-20-3-1-2-4-21(20)32-23)26-24-13-16-7-11-19(12-8-16)31-14-17-5-9-18(10-6-17)27(29)30/h1-13H,14-15H2,(H,26,28)/b24-13-. The Kier molecular flexibility index (Phi) is 6.96. The number of fused-ring (bicyclic) bond motifs is 1. The van der Waals surface area contributed by atoms with Crippen molar-refractivity contribution in [2.75, 3.05) is 5.75 Å². The number of nitro groups is 1. The number of benzene rings is 3. The van der Waals surface area contributed by atoms with E-state index in [-0.39, 0.29) is 17.3 Å². The van der Waals surface area contributed by atoms with Crippen LogP contribution in [0.2, 0.25) is 0 Å². The van der Waals surface area contributed by atoms with Crippen LogP contribution in [-0.4, -0.2) is 27.8 Å². The number of para-hydroxylation sites is 2. The van der Waals surface area contributed by atoms with Crippen molar-refractivity contribution in [1.82, 2.24) is 10.4 Å². The van der Waals surface area contributed by atoms with Crippen molar-refractivity contribution < 1.29 is 18.9 Å². The monoisotopic (exact) mass is 462 g/mol. The van der Waals surface area contributed by atoms with Crippen molar-refractivity contribution in [3.05, 3.63) is 94.0 Å². The molecule has 9 nitrogen and oxygen atoms in total. The van der Waals surface area contributed by atoms with Gasteiger partial charge in [-0.1, -0.05) is 23.9 Å². The number of nitrogens with one attached hydrogen (secondary N) is 1. The van der Waals surface area contributed by atoms with Crippen molar-refractivity contribution >= 4 is 40.7 Å². The van der Waals surface area contributed by atoms with Crippen molar-refractivity contribution in [2.24, 2.45) is 5.10 Å². The second kappa shape index (κ2) is 10.4. The number of rotatable bonds is 9. The van der Waals surface area contributed by atoms with Crippen LogP contribution < -0.4 is 10.2 Å². The number of hydrogen-bond donors (Lipinski definition) is 1. The van der Waals surface area contributed by atoms with E-state index < -0.39 is 4.92 Å². The lowest BCUT2D eigenvalue weighted by molar-refractivity contribution is -0.384. The molecule has 0 fully saturated rings. The summed E-state index contributed by atoms with van der Waals surface area (Å²) in [5.41, 5.74) is 5.54. The first-order valence-corrected chi connectivity index (χ1v) is 10.8. The molecular weight excluding hydrogens is 444 g/mol. The molecule has 0 spiro atoms. The molecule has 0 aliphatic rings. The molecule has 1 heterocycles. The van der Waals surface area contributed by atoms with Gasteiger partial charge in [0, 0.05) is 12.1 Å². The highest BCUT2D eigenvalue weighted by Gasteiger charge is 2.08. The Morgan fingerprint density at radius 1 is 1.12 bits per heavy atom. The van der Waals surface area contributed by atoms with E-state index in [9.17, 15) is 14.9 Å². The number of thioether (sulfide) groups is 1. The fourth-order valence-electron chi connectivity index (χ4n) is 2.78. The summed E-state index contributed by atoms with van der Waals surface area (Å²) < 4.78 is 11.2. The third-order valence-corrected chi connectivity index (χ3v) is 5.26. The highest BCUT2D eigenvalue weighted by molar-refractivity contribution is 7.99. The van der Waals surface area contributed by atoms with Gasteiger partial charge in [0.05, 0.1) is 16.9 Å². The Morgan fingerprint density at radius 2 is 1.88 bits per heavy atom. The molecule has 1 aromatic heterocycles. The topological polar surface area (TPSA) is 120 Å². The van der Waals surface area contributed by atoms with Crippen LogP contribution in [0.4, 0.5) is 5.69 Å². The van der Waals surface area contributed by atoms with Gasteiger partial charge in [-0.15, -0.1) is 0 Å². The predicted molar refractivity (Wildman–Crippen MR) is 124 cm³/mol. The van der Waals surface area contributed by atoms with E-state index in [0.29, 0.717) is 23.2 Å². The fourth-order valence-corrected chi connectivity index (χ4v) is 3.41. The van der Waals surface area contributed by atoms with Crippen LogP contribution in [0.15, 0.2) is 87.5 Å². The van der Waals surface area contributed by atoms with Gasteiger partial charge in [-0.25, -0.2) is 10.4 Å². The molecule has 4 aromatic rings. The second-order valence-corrected chi connectivity index (χ2v) is 7.74. The molecule has 1 amide bonds. The lowest BCUT2D eigenvalue weighted by Gasteiger charge is -2.06. The minimum absolute atomic E-state index is 0.0410. The predicted octanol–water partition coefficient (Wildman–Crippen LogP) is 4.56. The Labute approximate surface area is 192 Å². The quantitative estimate of drug-likeness (QED) is 0.168. The van der Waals surface area contributed by atoms with Crippen LogP contribution in [0.3, 0.4) is 0 Å². The summed E-state index contributed by atoms with van der Waals surface area (Å²) in [6, 6.07) is 20.8. The van der Waals surface area contributed by atoms with Gasteiger partial charge in [0.1, 0.15) is 17.9 Å². The summed E-state index contributed by atoms with van der Waals surface area (Å²) in [6.07, 6.45) is 1.53. The summed E-state index contributed by atoms with van der Waals surface area (Å²) in [7, 11) is 0. The van der Waals surface area contributed by atoms with Gasteiger partial charge >= 0.3 is 0 Å². The number of aromatic nitrogens is 1. The zero-order chi connectivity index (χ0) is 23.0. The van der Waals surface area contributed by atoms with Gasteiger partial charge in [0.15, 0.2) is 5.58 Å². The molecule has 1 N–H and O–H groups in total. The first kappa shape index (κ1) is 22.0. The average molecular weight is 462 g/mol. The van der Waals surface area contributed by atoms with E-state index in [2.05, 4.69) is 15.5 Å². The summed E-state index contributed by atoms with van der Waals surface area (Å²) in [5.74, 6) is 0.491. The van der Waals surface area contributed by atoms with Gasteiger partial charge in [-0.3, -0.25) is 14.9 Å². The molecule has 0 bridgehead atoms. The smallest absolute Gasteiger partial charge is 0.269 e. The summed E-state index contributed by atoms with van der Waals surface area (Å²) >= 11 is 1.19. The number of nitrogens with zero attached hydrogens (tertiary/aromatic N) is 3. The Balaban J connectivity index is 1.21. The SMILES string of the molecule is O=C(CSc1nc2ccccc2o1)N/N=C\c1ccc(OCc2ccc([N+](=O)[O-])cc2)cc1. The van der Waals surface area contributed by atoms with Gasteiger partial charge in [0.2, 0.25) is 0 Å². The highest BCUT2D eigenvalue weighted by atomic mass is 32.2. The maximum absolute atomic E-state index is 12.0. The lowest BCUT2D eigenvalue weighted by atomic mass is 10.2. The van der Waals surface area contributed by atoms with Gasteiger partial charge in [-0.2, -0.15) is 5.10 Å². The first-order valence-electron chi connectivity index (χ1n) is 9.83. The van der Waals surface area contributed by atoms with E-state index in [4.69, 9.17) is 9.15 Å². The number of hydrazone groups is 1. The van der Waals surface area contributed by atoms with E-state index in [1.165, 1.54) is 30.1 Å². The molecule has 3 aromatic carbocycles. The number of oxazole rings is 1. The molecule has 0 aliphatic heterocycles. The fraction of sp³-hybridized carbons (Fsp3) is 0.0870. The van der Waals surface area contributed by atoms with E-state index in [1.807, 2.05) is 24.3 Å². The number of carbonyl (C=O) groups excluding carboxylic acids is 1. The van der Waals surface area contributed by atoms with Crippen molar-refractivity contribution in [3.63, 3.8) is 0 Å². The van der Waals surface area contributed by atoms with E-state index in [1.54, 1.807) is 36.4 Å². The second-order valence-electron chi connectivity index (χ2n) is 6.81. The zero-order valence-electron chi connectivity index (χ0n) is 17.2. The zero-order valence-corrected chi connectivity index (χ0v) is 18.0. The summed E-state index contributed by atoms with van der Waals surface area (Å²) in [5, 5.41) is 15.1. The summed E-state index contributed by atoms with van der Waals surface area (Å²) in [4.78, 5) is 26.5. The normalized spacial score (nSPS) is 11.0. The lowest BCUT2D eigenvalue weighted by Crippen LogP contribution is -2.19. The number of ether oxygens (including phenoxy) is 1. The summed E-state index contributed by atoms with van der Waals surface area (Å²) in [6.45, 7) is 0.291. The number of nitro benzene ring substituents is 1. The van der Waals surface area contributed by atoms with Gasteiger partial charge in [0.25, 0.3) is 16.8 Å². The molecule has 10 heteroatoms. The van der Waals surface area contributed by atoms with Crippen molar-refractivity contribution in [2.45, 2.75) is 11.8 Å². The highest BCUT2D eigenvalue weighted by Crippen LogP contribution is 2.22. The number of amides is 1. The molecule has 0 atom stereocenters. The van der Waals surface area contributed by atoms with E-state index >= 15 is 0 Å². The van der Waals surface area contributed by atoms with Crippen LogP contribution in [0, 0.1) is 10.1 Å². The van der Waals surface area contributed by atoms with Crippen LogP contribution in [0.1, 0.15) is 11.1 Å². The van der Waals surface area contributed by atoms with Crippen LogP contribution in [0.5, 0.6) is 5.75 Å². The molecular formula is C23H18N4O5S. The third-order valence-electron chi connectivity index (χ3n) is 4.44. The first-order chi connectivity index (χ1) is 16.1. The maximum Gasteiger partial charge on any atom is 0.269 e. The van der Waals surface area contributed by atoms with E-state index in [0.717, 1.165) is 16.6 Å². The van der Waals surface area contributed by atoms with Gasteiger partial charge < -0.3 is 9.15 Å². The third kappa shape index (κ3) is 6.17. The Hall–Kier alpha value is -4.18. The molecule has 0 aliphatic carbocycles. The minimum Gasteiger partial charge on any atom is -0.489 e. The van der Waals surface area contributed by atoms with Crippen molar-refractivity contribution in [3.8, 4) is 5.75 Å². The van der Waals surface area contributed by atoms with Crippen molar-refractivity contribution in [1.29, 1.82) is 0 Å². The number of hydrogen-bond acceptors (Lipinski definition) is 8. The number of carbonyl (C=O) groups is 1. The number of non-ortho nitro benzene ring substituents is 1. The molecule has 0 saturated heterocycles. The maximum atomic E-state index is 12.0. The van der Waals surface area contributed by atoms with Crippen LogP contribution >= 0.6 is 11.8 Å². The molecule has 33 heavy (non-hydrogen) atoms. The Bertz CT molecular complexity index is 1250. The van der Waals surface area contributed by atoms with Crippen LogP contribution in [-0.2, 0) is 11.4 Å². The van der Waals surface area contributed by atoms with Crippen LogP contribution in [0.25, 0.3) is 11.1 Å². The largest absolute Gasteiger partial charge is 0.489 e. The molecule has 166 valence electrons. The Morgan fingerprint density at radius 3 is 2.61 bits per heavy atom. The molecule has 0 radical (unpaired) electrons. The molecule has 4 rings (SSSR count). The molecule has 0 unspecified atom stereocenters.